The second-order valence-corrected chi connectivity index (χ2v) is 7.09. The maximum atomic E-state index is 12.6. The van der Waals surface area contributed by atoms with E-state index in [4.69, 9.17) is 15.2 Å². The Hall–Kier alpha value is -1.59. The Morgan fingerprint density at radius 3 is 2.79 bits per heavy atom. The highest BCUT2D eigenvalue weighted by Crippen LogP contribution is 2.39. The third-order valence-electron chi connectivity index (χ3n) is 5.23. The van der Waals surface area contributed by atoms with Crippen LogP contribution in [-0.2, 0) is 9.53 Å². The van der Waals surface area contributed by atoms with Crippen LogP contribution in [-0.4, -0.2) is 31.8 Å². The Bertz CT molecular complexity index is 549. The molecule has 1 aliphatic carbocycles. The number of para-hydroxylation sites is 2. The molecule has 1 saturated carbocycles. The number of benzene rings is 1. The van der Waals surface area contributed by atoms with E-state index in [2.05, 4.69) is 5.32 Å². The lowest BCUT2D eigenvalue weighted by atomic mass is 9.71. The molecule has 5 nitrogen and oxygen atoms in total. The minimum Gasteiger partial charge on any atom is -0.486 e. The lowest BCUT2D eigenvalue weighted by molar-refractivity contribution is -0.118. The number of anilines is 1. The number of nitrogens with two attached hydrogens (primary N) is 1. The van der Waals surface area contributed by atoms with Crippen LogP contribution in [0.1, 0.15) is 44.9 Å². The van der Waals surface area contributed by atoms with Gasteiger partial charge in [-0.15, -0.1) is 0 Å². The van der Waals surface area contributed by atoms with Gasteiger partial charge < -0.3 is 20.5 Å². The van der Waals surface area contributed by atoms with Crippen molar-refractivity contribution in [2.75, 3.05) is 25.1 Å². The molecule has 0 aromatic heterocycles. The van der Waals surface area contributed by atoms with Crippen molar-refractivity contribution in [2.24, 2.45) is 11.1 Å². The predicted molar refractivity (Wildman–Crippen MR) is 94.1 cm³/mol. The Labute approximate surface area is 143 Å². The Morgan fingerprint density at radius 2 is 2.08 bits per heavy atom. The summed E-state index contributed by atoms with van der Waals surface area (Å²) in [5.74, 6) is 0.743. The molecule has 1 saturated heterocycles. The summed E-state index contributed by atoms with van der Waals surface area (Å²) in [6.45, 7) is 1.93. The van der Waals surface area contributed by atoms with Crippen LogP contribution in [0, 0.1) is 5.41 Å². The monoisotopic (exact) mass is 332 g/mol. The van der Waals surface area contributed by atoms with Crippen molar-refractivity contribution in [1.82, 2.24) is 0 Å². The van der Waals surface area contributed by atoms with E-state index in [1.165, 1.54) is 19.3 Å². The van der Waals surface area contributed by atoms with E-state index in [0.717, 1.165) is 31.6 Å². The van der Waals surface area contributed by atoms with Gasteiger partial charge in [0.25, 0.3) is 0 Å². The van der Waals surface area contributed by atoms with Crippen LogP contribution in [0.25, 0.3) is 0 Å². The van der Waals surface area contributed by atoms with Gasteiger partial charge in [0.15, 0.2) is 0 Å². The van der Waals surface area contributed by atoms with Crippen molar-refractivity contribution in [1.29, 1.82) is 0 Å². The largest absolute Gasteiger partial charge is 0.486 e. The fraction of sp³-hybridized carbons (Fsp3) is 0.632. The molecule has 2 aliphatic rings. The fourth-order valence-corrected chi connectivity index (χ4v) is 3.75. The molecule has 3 rings (SSSR count). The van der Waals surface area contributed by atoms with Crippen molar-refractivity contribution >= 4 is 11.6 Å². The van der Waals surface area contributed by atoms with Gasteiger partial charge in [-0.25, -0.2) is 0 Å². The summed E-state index contributed by atoms with van der Waals surface area (Å²) in [6, 6.07) is 7.61. The Kier molecular flexibility index (Phi) is 5.74. The summed E-state index contributed by atoms with van der Waals surface area (Å²) < 4.78 is 11.3. The second-order valence-electron chi connectivity index (χ2n) is 7.09. The maximum Gasteiger partial charge on any atom is 0.225 e. The van der Waals surface area contributed by atoms with Crippen LogP contribution in [0.2, 0.25) is 0 Å². The Balaban J connectivity index is 1.63. The van der Waals surface area contributed by atoms with Gasteiger partial charge in [0.2, 0.25) is 5.91 Å². The van der Waals surface area contributed by atoms with Gasteiger partial charge in [-0.1, -0.05) is 31.4 Å². The van der Waals surface area contributed by atoms with Gasteiger partial charge in [0, 0.05) is 12.8 Å². The number of ether oxygens (including phenoxy) is 2. The van der Waals surface area contributed by atoms with Crippen LogP contribution >= 0.6 is 0 Å². The maximum absolute atomic E-state index is 12.6. The van der Waals surface area contributed by atoms with Gasteiger partial charge in [-0.2, -0.15) is 0 Å². The number of carbonyl (C=O) groups is 1. The molecule has 1 atom stereocenters. The Morgan fingerprint density at radius 1 is 1.29 bits per heavy atom. The van der Waals surface area contributed by atoms with E-state index in [1.807, 2.05) is 24.3 Å². The SMILES string of the molecule is NCC1(CC(=O)Nc2ccccc2OC2CCOC2)CCCCC1. The highest BCUT2D eigenvalue weighted by Gasteiger charge is 2.33. The van der Waals surface area contributed by atoms with Crippen molar-refractivity contribution in [3.8, 4) is 5.75 Å². The molecule has 0 bridgehead atoms. The normalized spacial score (nSPS) is 23.0. The standard InChI is InChI=1S/C19H28N2O3/c20-14-19(9-4-1-5-10-19)12-18(22)21-16-6-2-3-7-17(16)24-15-8-11-23-13-15/h2-3,6-7,15H,1,4-5,8-14,20H2,(H,21,22). The first-order valence-corrected chi connectivity index (χ1v) is 9.04. The minimum atomic E-state index is -0.0303. The summed E-state index contributed by atoms with van der Waals surface area (Å²) in [4.78, 5) is 12.6. The zero-order valence-corrected chi connectivity index (χ0v) is 14.3. The van der Waals surface area contributed by atoms with Gasteiger partial charge in [0.05, 0.1) is 18.9 Å². The first kappa shape index (κ1) is 17.2. The quantitative estimate of drug-likeness (QED) is 0.839. The van der Waals surface area contributed by atoms with E-state index in [9.17, 15) is 4.79 Å². The van der Waals surface area contributed by atoms with E-state index in [-0.39, 0.29) is 17.4 Å². The smallest absolute Gasteiger partial charge is 0.225 e. The highest BCUT2D eigenvalue weighted by atomic mass is 16.5. The summed E-state index contributed by atoms with van der Waals surface area (Å²) in [7, 11) is 0. The number of nitrogens with one attached hydrogen (secondary N) is 1. The van der Waals surface area contributed by atoms with E-state index < -0.39 is 0 Å². The third kappa shape index (κ3) is 4.28. The number of hydrogen-bond donors (Lipinski definition) is 2. The number of rotatable bonds is 6. The van der Waals surface area contributed by atoms with Gasteiger partial charge in [0.1, 0.15) is 11.9 Å². The molecule has 1 aliphatic heterocycles. The fourth-order valence-electron chi connectivity index (χ4n) is 3.75. The molecule has 1 aromatic rings. The third-order valence-corrected chi connectivity index (χ3v) is 5.23. The second kappa shape index (κ2) is 7.99. The first-order chi connectivity index (χ1) is 11.7. The predicted octanol–water partition coefficient (Wildman–Crippen LogP) is 3.09. The molecule has 0 spiro atoms. The van der Waals surface area contributed by atoms with Crippen LogP contribution < -0.4 is 15.8 Å². The van der Waals surface area contributed by atoms with E-state index in [0.29, 0.717) is 25.3 Å². The molecule has 1 heterocycles. The summed E-state index contributed by atoms with van der Waals surface area (Å²) in [6.07, 6.45) is 7.14. The van der Waals surface area contributed by atoms with Crippen molar-refractivity contribution in [3.05, 3.63) is 24.3 Å². The first-order valence-electron chi connectivity index (χ1n) is 9.04. The van der Waals surface area contributed by atoms with Gasteiger partial charge in [-0.3, -0.25) is 4.79 Å². The number of amides is 1. The summed E-state index contributed by atoms with van der Waals surface area (Å²) in [5, 5.41) is 3.03. The summed E-state index contributed by atoms with van der Waals surface area (Å²) in [5.41, 5.74) is 6.70. The molecular weight excluding hydrogens is 304 g/mol. The van der Waals surface area contributed by atoms with Crippen molar-refractivity contribution in [2.45, 2.75) is 51.0 Å². The zero-order chi connectivity index (χ0) is 16.8. The molecule has 0 radical (unpaired) electrons. The van der Waals surface area contributed by atoms with Crippen molar-refractivity contribution < 1.29 is 14.3 Å². The molecule has 2 fully saturated rings. The van der Waals surface area contributed by atoms with Crippen LogP contribution in [0.3, 0.4) is 0 Å². The molecule has 3 N–H and O–H groups in total. The summed E-state index contributed by atoms with van der Waals surface area (Å²) >= 11 is 0. The molecule has 1 amide bonds. The highest BCUT2D eigenvalue weighted by molar-refractivity contribution is 5.92. The average molecular weight is 332 g/mol. The molecule has 24 heavy (non-hydrogen) atoms. The van der Waals surface area contributed by atoms with Gasteiger partial charge >= 0.3 is 0 Å². The van der Waals surface area contributed by atoms with Crippen LogP contribution in [0.5, 0.6) is 5.75 Å². The lowest BCUT2D eigenvalue weighted by Crippen LogP contribution is -2.36. The van der Waals surface area contributed by atoms with Crippen molar-refractivity contribution in [3.63, 3.8) is 0 Å². The average Bonchev–Trinajstić information content (AvgIpc) is 3.10. The van der Waals surface area contributed by atoms with Gasteiger partial charge in [-0.05, 0) is 36.9 Å². The molecule has 1 unspecified atom stereocenters. The topological polar surface area (TPSA) is 73.6 Å². The van der Waals surface area contributed by atoms with Crippen LogP contribution in [0.4, 0.5) is 5.69 Å². The molecule has 1 aromatic carbocycles. The molecule has 5 heteroatoms. The lowest BCUT2D eigenvalue weighted by Gasteiger charge is -2.35. The van der Waals surface area contributed by atoms with E-state index >= 15 is 0 Å². The number of hydrogen-bond acceptors (Lipinski definition) is 4. The van der Waals surface area contributed by atoms with E-state index in [1.54, 1.807) is 0 Å². The molecule has 132 valence electrons. The minimum absolute atomic E-state index is 0.0288. The number of carbonyl (C=O) groups excluding carboxylic acids is 1. The zero-order valence-electron chi connectivity index (χ0n) is 14.3. The van der Waals surface area contributed by atoms with Crippen LogP contribution in [0.15, 0.2) is 24.3 Å². The molecular formula is C19H28N2O3.